The standard InChI is InChI=1S/C7H16O2/c1-6(2)4-7(5-8)9-3/h6-8H,4-5H2,1-3H3/t7-/m1/s1. The average Bonchev–Trinajstić information content (AvgIpc) is 1.82. The molecule has 2 heteroatoms. The summed E-state index contributed by atoms with van der Waals surface area (Å²) in [6.07, 6.45) is 0.970. The van der Waals surface area contributed by atoms with Crippen molar-refractivity contribution in [1.82, 2.24) is 0 Å². The number of aliphatic hydroxyl groups excluding tert-OH is 1. The fourth-order valence-electron chi connectivity index (χ4n) is 0.771. The topological polar surface area (TPSA) is 29.5 Å². The maximum absolute atomic E-state index is 8.65. The molecule has 0 unspecified atom stereocenters. The van der Waals surface area contributed by atoms with Crippen molar-refractivity contribution in [3.63, 3.8) is 0 Å². The van der Waals surface area contributed by atoms with Crippen molar-refractivity contribution in [2.24, 2.45) is 5.92 Å². The van der Waals surface area contributed by atoms with E-state index in [-0.39, 0.29) is 12.7 Å². The van der Waals surface area contributed by atoms with Gasteiger partial charge in [-0.1, -0.05) is 13.8 Å². The number of hydrogen-bond donors (Lipinski definition) is 1. The second-order valence-corrected chi connectivity index (χ2v) is 2.67. The molecule has 1 atom stereocenters. The number of ether oxygens (including phenoxy) is 1. The van der Waals surface area contributed by atoms with Gasteiger partial charge in [-0.05, 0) is 12.3 Å². The van der Waals surface area contributed by atoms with Crippen LogP contribution in [-0.4, -0.2) is 24.9 Å². The lowest BCUT2D eigenvalue weighted by Crippen LogP contribution is -2.17. The summed E-state index contributed by atoms with van der Waals surface area (Å²) >= 11 is 0. The van der Waals surface area contributed by atoms with E-state index in [4.69, 9.17) is 9.84 Å². The lowest BCUT2D eigenvalue weighted by Gasteiger charge is -2.13. The van der Waals surface area contributed by atoms with Gasteiger partial charge < -0.3 is 9.84 Å². The molecule has 0 aliphatic rings. The minimum atomic E-state index is 0.0324. The maximum Gasteiger partial charge on any atom is 0.0804 e. The van der Waals surface area contributed by atoms with Crippen molar-refractivity contribution in [3.05, 3.63) is 0 Å². The Morgan fingerprint density at radius 1 is 1.44 bits per heavy atom. The Morgan fingerprint density at radius 3 is 2.11 bits per heavy atom. The van der Waals surface area contributed by atoms with Crippen LogP contribution in [0, 0.1) is 5.92 Å². The van der Waals surface area contributed by atoms with E-state index in [1.54, 1.807) is 7.11 Å². The summed E-state index contributed by atoms with van der Waals surface area (Å²) in [5.41, 5.74) is 0. The van der Waals surface area contributed by atoms with Crippen molar-refractivity contribution in [3.8, 4) is 0 Å². The van der Waals surface area contributed by atoms with Crippen molar-refractivity contribution in [2.75, 3.05) is 13.7 Å². The molecule has 0 bridgehead atoms. The van der Waals surface area contributed by atoms with E-state index in [0.717, 1.165) is 6.42 Å². The van der Waals surface area contributed by atoms with Gasteiger partial charge in [-0.2, -0.15) is 0 Å². The number of aliphatic hydroxyl groups is 1. The van der Waals surface area contributed by atoms with Crippen molar-refractivity contribution < 1.29 is 9.84 Å². The smallest absolute Gasteiger partial charge is 0.0804 e. The van der Waals surface area contributed by atoms with Crippen LogP contribution in [-0.2, 0) is 4.74 Å². The van der Waals surface area contributed by atoms with E-state index < -0.39 is 0 Å². The van der Waals surface area contributed by atoms with Gasteiger partial charge >= 0.3 is 0 Å². The molecule has 9 heavy (non-hydrogen) atoms. The fourth-order valence-corrected chi connectivity index (χ4v) is 0.771. The number of methoxy groups -OCH3 is 1. The minimum absolute atomic E-state index is 0.0324. The summed E-state index contributed by atoms with van der Waals surface area (Å²) in [5.74, 6) is 0.599. The highest BCUT2D eigenvalue weighted by atomic mass is 16.5. The van der Waals surface area contributed by atoms with Gasteiger partial charge in [-0.15, -0.1) is 0 Å². The van der Waals surface area contributed by atoms with E-state index in [9.17, 15) is 0 Å². The Balaban J connectivity index is 3.31. The Bertz CT molecular complexity index is 57.9. The largest absolute Gasteiger partial charge is 0.394 e. The Hall–Kier alpha value is -0.0800. The van der Waals surface area contributed by atoms with Crippen LogP contribution in [0.3, 0.4) is 0 Å². The van der Waals surface area contributed by atoms with E-state index in [2.05, 4.69) is 13.8 Å². The first-order valence-electron chi connectivity index (χ1n) is 3.34. The molecule has 0 aliphatic carbocycles. The zero-order valence-corrected chi connectivity index (χ0v) is 6.42. The third-order valence-corrected chi connectivity index (χ3v) is 1.27. The summed E-state index contributed by atoms with van der Waals surface area (Å²) in [6, 6.07) is 0. The predicted octanol–water partition coefficient (Wildman–Crippen LogP) is 1.04. The van der Waals surface area contributed by atoms with Gasteiger partial charge in [0.05, 0.1) is 12.7 Å². The van der Waals surface area contributed by atoms with E-state index >= 15 is 0 Å². The van der Waals surface area contributed by atoms with Gasteiger partial charge in [-0.3, -0.25) is 0 Å². The highest BCUT2D eigenvalue weighted by Crippen LogP contribution is 2.05. The summed E-state index contributed by atoms with van der Waals surface area (Å²) in [4.78, 5) is 0. The second kappa shape index (κ2) is 4.77. The molecular formula is C7H16O2. The van der Waals surface area contributed by atoms with Crippen molar-refractivity contribution in [2.45, 2.75) is 26.4 Å². The molecule has 0 aromatic rings. The molecule has 56 valence electrons. The summed E-state index contributed by atoms with van der Waals surface area (Å²) in [5, 5.41) is 8.65. The lowest BCUT2D eigenvalue weighted by atomic mass is 10.1. The molecule has 0 aliphatic heterocycles. The number of hydrogen-bond acceptors (Lipinski definition) is 2. The maximum atomic E-state index is 8.65. The quantitative estimate of drug-likeness (QED) is 0.619. The van der Waals surface area contributed by atoms with Crippen LogP contribution in [0.25, 0.3) is 0 Å². The molecule has 0 aromatic carbocycles. The van der Waals surface area contributed by atoms with Crippen LogP contribution < -0.4 is 0 Å². The summed E-state index contributed by atoms with van der Waals surface area (Å²) in [7, 11) is 1.63. The first kappa shape index (κ1) is 8.92. The van der Waals surface area contributed by atoms with Gasteiger partial charge in [0, 0.05) is 7.11 Å². The zero-order chi connectivity index (χ0) is 7.28. The van der Waals surface area contributed by atoms with Gasteiger partial charge in [-0.25, -0.2) is 0 Å². The Labute approximate surface area is 56.8 Å². The van der Waals surface area contributed by atoms with Gasteiger partial charge in [0.2, 0.25) is 0 Å². The van der Waals surface area contributed by atoms with Crippen LogP contribution >= 0.6 is 0 Å². The second-order valence-electron chi connectivity index (χ2n) is 2.67. The molecule has 2 nitrogen and oxygen atoms in total. The SMILES string of the molecule is CO[C@@H](CO)CC(C)C. The van der Waals surface area contributed by atoms with E-state index in [1.165, 1.54) is 0 Å². The minimum Gasteiger partial charge on any atom is -0.394 e. The van der Waals surface area contributed by atoms with Crippen LogP contribution in [0.15, 0.2) is 0 Å². The highest BCUT2D eigenvalue weighted by molar-refractivity contribution is 4.56. The third-order valence-electron chi connectivity index (χ3n) is 1.27. The Morgan fingerprint density at radius 2 is 2.00 bits per heavy atom. The molecule has 0 saturated heterocycles. The summed E-state index contributed by atoms with van der Waals surface area (Å²) < 4.78 is 4.96. The molecule has 1 N–H and O–H groups in total. The first-order valence-corrected chi connectivity index (χ1v) is 3.34. The normalized spacial score (nSPS) is 14.3. The van der Waals surface area contributed by atoms with Gasteiger partial charge in [0.1, 0.15) is 0 Å². The van der Waals surface area contributed by atoms with Crippen LogP contribution in [0.1, 0.15) is 20.3 Å². The average molecular weight is 132 g/mol. The first-order chi connectivity index (χ1) is 4.20. The highest BCUT2D eigenvalue weighted by Gasteiger charge is 2.06. The number of rotatable bonds is 4. The van der Waals surface area contributed by atoms with E-state index in [1.807, 2.05) is 0 Å². The molecule has 0 aromatic heterocycles. The van der Waals surface area contributed by atoms with Gasteiger partial charge in [0.25, 0.3) is 0 Å². The molecule has 0 amide bonds. The molecular weight excluding hydrogens is 116 g/mol. The van der Waals surface area contributed by atoms with Crippen LogP contribution in [0.4, 0.5) is 0 Å². The predicted molar refractivity (Wildman–Crippen MR) is 37.3 cm³/mol. The monoisotopic (exact) mass is 132 g/mol. The van der Waals surface area contributed by atoms with Crippen molar-refractivity contribution >= 4 is 0 Å². The molecule has 0 saturated carbocycles. The van der Waals surface area contributed by atoms with Crippen LogP contribution in [0.5, 0.6) is 0 Å². The van der Waals surface area contributed by atoms with Crippen LogP contribution in [0.2, 0.25) is 0 Å². The molecule has 0 radical (unpaired) electrons. The molecule has 0 spiro atoms. The Kier molecular flexibility index (Phi) is 4.72. The van der Waals surface area contributed by atoms with Gasteiger partial charge in [0.15, 0.2) is 0 Å². The zero-order valence-electron chi connectivity index (χ0n) is 6.42. The summed E-state index contributed by atoms with van der Waals surface area (Å²) in [6.45, 7) is 4.36. The molecule has 0 rings (SSSR count). The van der Waals surface area contributed by atoms with E-state index in [0.29, 0.717) is 5.92 Å². The fraction of sp³-hybridized carbons (Fsp3) is 1.00. The molecule has 0 heterocycles. The molecule has 0 fully saturated rings. The third kappa shape index (κ3) is 4.43. The lowest BCUT2D eigenvalue weighted by molar-refractivity contribution is 0.0350. The van der Waals surface area contributed by atoms with Crippen molar-refractivity contribution in [1.29, 1.82) is 0 Å².